The van der Waals surface area contributed by atoms with Gasteiger partial charge in [-0.2, -0.15) is 0 Å². The van der Waals surface area contributed by atoms with Gasteiger partial charge in [-0.05, 0) is 48.7 Å². The standard InChI is InChI=1S/C25H31NO5/c1-27-11-12-31-24-13-16(9-10-21(24)28-2)25-19-15-23(30-4)22(29-3)14-18(19)17-7-5-6-8-20(17)26-25/h9-10,13-15,17,20H,5-8,11-12H2,1-4H3/t17-,20-/m1/s1. The first kappa shape index (κ1) is 21.5. The number of hydrogen-bond acceptors (Lipinski definition) is 6. The van der Waals surface area contributed by atoms with Crippen LogP contribution in [-0.2, 0) is 4.74 Å². The van der Waals surface area contributed by atoms with Crippen LogP contribution in [0.2, 0.25) is 0 Å². The summed E-state index contributed by atoms with van der Waals surface area (Å²) in [6.07, 6.45) is 4.71. The van der Waals surface area contributed by atoms with Gasteiger partial charge in [0, 0.05) is 24.2 Å². The molecule has 0 aromatic heterocycles. The third-order valence-corrected chi connectivity index (χ3v) is 6.22. The molecule has 0 spiro atoms. The minimum atomic E-state index is 0.286. The van der Waals surface area contributed by atoms with Crippen LogP contribution in [0.4, 0.5) is 0 Å². The molecular weight excluding hydrogens is 394 g/mol. The topological polar surface area (TPSA) is 58.5 Å². The average Bonchev–Trinajstić information content (AvgIpc) is 2.82. The van der Waals surface area contributed by atoms with Gasteiger partial charge in [-0.25, -0.2) is 0 Å². The lowest BCUT2D eigenvalue weighted by Gasteiger charge is -2.36. The summed E-state index contributed by atoms with van der Waals surface area (Å²) in [6.45, 7) is 0.965. The summed E-state index contributed by atoms with van der Waals surface area (Å²) in [6, 6.07) is 10.5. The van der Waals surface area contributed by atoms with E-state index in [4.69, 9.17) is 28.7 Å². The molecule has 1 fully saturated rings. The van der Waals surface area contributed by atoms with E-state index >= 15 is 0 Å². The van der Waals surface area contributed by atoms with Crippen LogP contribution in [-0.4, -0.2) is 53.4 Å². The molecule has 1 heterocycles. The Balaban J connectivity index is 1.81. The summed E-state index contributed by atoms with van der Waals surface area (Å²) < 4.78 is 27.8. The molecule has 2 aromatic carbocycles. The molecule has 31 heavy (non-hydrogen) atoms. The van der Waals surface area contributed by atoms with E-state index < -0.39 is 0 Å². The molecule has 0 unspecified atom stereocenters. The van der Waals surface area contributed by atoms with E-state index in [1.165, 1.54) is 18.4 Å². The van der Waals surface area contributed by atoms with Crippen molar-refractivity contribution in [2.24, 2.45) is 4.99 Å². The van der Waals surface area contributed by atoms with Crippen LogP contribution in [0.25, 0.3) is 0 Å². The van der Waals surface area contributed by atoms with Crippen LogP contribution in [0.15, 0.2) is 35.3 Å². The number of hydrogen-bond donors (Lipinski definition) is 0. The van der Waals surface area contributed by atoms with Crippen molar-refractivity contribution in [2.45, 2.75) is 37.6 Å². The Morgan fingerprint density at radius 3 is 2.29 bits per heavy atom. The van der Waals surface area contributed by atoms with Gasteiger partial charge in [0.1, 0.15) is 6.61 Å². The van der Waals surface area contributed by atoms with Crippen molar-refractivity contribution < 1.29 is 23.7 Å². The number of ether oxygens (including phenoxy) is 5. The monoisotopic (exact) mass is 425 g/mol. The minimum absolute atomic E-state index is 0.286. The Kier molecular flexibility index (Phi) is 6.66. The van der Waals surface area contributed by atoms with Crippen molar-refractivity contribution in [2.75, 3.05) is 41.7 Å². The van der Waals surface area contributed by atoms with Crippen molar-refractivity contribution in [3.8, 4) is 23.0 Å². The number of benzene rings is 2. The highest BCUT2D eigenvalue weighted by atomic mass is 16.5. The quantitative estimate of drug-likeness (QED) is 0.578. The van der Waals surface area contributed by atoms with Gasteiger partial charge < -0.3 is 23.7 Å². The van der Waals surface area contributed by atoms with Crippen molar-refractivity contribution in [3.05, 3.63) is 47.0 Å². The van der Waals surface area contributed by atoms with Crippen molar-refractivity contribution >= 4 is 5.71 Å². The molecule has 0 bridgehead atoms. The van der Waals surface area contributed by atoms with Crippen LogP contribution >= 0.6 is 0 Å². The van der Waals surface area contributed by atoms with Gasteiger partial charge in [0.25, 0.3) is 0 Å². The molecule has 1 aliphatic heterocycles. The molecule has 1 aliphatic carbocycles. The SMILES string of the molecule is COCCOc1cc(C2=N[C@@H]3CCCC[C@@H]3c3cc(OC)c(OC)cc32)ccc1OC. The Bertz CT molecular complexity index is 955. The first-order chi connectivity index (χ1) is 15.2. The molecule has 2 aromatic rings. The van der Waals surface area contributed by atoms with Crippen molar-refractivity contribution in [1.29, 1.82) is 0 Å². The smallest absolute Gasteiger partial charge is 0.161 e. The largest absolute Gasteiger partial charge is 0.493 e. The highest BCUT2D eigenvalue weighted by Crippen LogP contribution is 2.45. The van der Waals surface area contributed by atoms with Gasteiger partial charge in [-0.15, -0.1) is 0 Å². The lowest BCUT2D eigenvalue weighted by molar-refractivity contribution is 0.144. The fourth-order valence-corrected chi connectivity index (χ4v) is 4.67. The van der Waals surface area contributed by atoms with Gasteiger partial charge in [0.05, 0.1) is 39.7 Å². The van der Waals surface area contributed by atoms with E-state index in [0.717, 1.165) is 35.4 Å². The first-order valence-electron chi connectivity index (χ1n) is 10.8. The average molecular weight is 426 g/mol. The molecule has 6 heteroatoms. The number of fused-ring (bicyclic) bond motifs is 3. The zero-order chi connectivity index (χ0) is 21.8. The lowest BCUT2D eigenvalue weighted by atomic mass is 9.75. The normalized spacial score (nSPS) is 19.7. The molecule has 6 nitrogen and oxygen atoms in total. The first-order valence-corrected chi connectivity index (χ1v) is 10.8. The van der Waals surface area contributed by atoms with Gasteiger partial charge in [0.2, 0.25) is 0 Å². The second kappa shape index (κ2) is 9.60. The maximum Gasteiger partial charge on any atom is 0.161 e. The summed E-state index contributed by atoms with van der Waals surface area (Å²) in [7, 11) is 6.66. The van der Waals surface area contributed by atoms with E-state index in [0.29, 0.717) is 36.4 Å². The predicted octanol–water partition coefficient (Wildman–Crippen LogP) is 4.61. The highest BCUT2D eigenvalue weighted by molar-refractivity contribution is 6.15. The van der Waals surface area contributed by atoms with Gasteiger partial charge >= 0.3 is 0 Å². The summed E-state index contributed by atoms with van der Waals surface area (Å²) in [5.74, 6) is 3.29. The summed E-state index contributed by atoms with van der Waals surface area (Å²) in [4.78, 5) is 5.24. The molecule has 166 valence electrons. The molecule has 0 saturated heterocycles. The van der Waals surface area contributed by atoms with Crippen LogP contribution in [0.1, 0.15) is 48.3 Å². The molecule has 4 rings (SSSR count). The Morgan fingerprint density at radius 1 is 0.806 bits per heavy atom. The molecule has 2 aliphatic rings. The maximum absolute atomic E-state index is 5.93. The highest BCUT2D eigenvalue weighted by Gasteiger charge is 2.34. The zero-order valence-corrected chi connectivity index (χ0v) is 18.8. The van der Waals surface area contributed by atoms with E-state index in [-0.39, 0.29) is 6.04 Å². The second-order valence-corrected chi connectivity index (χ2v) is 7.94. The third kappa shape index (κ3) is 4.22. The lowest BCUT2D eigenvalue weighted by Crippen LogP contribution is -2.29. The molecule has 0 amide bonds. The van der Waals surface area contributed by atoms with Crippen LogP contribution in [0.5, 0.6) is 23.0 Å². The predicted molar refractivity (Wildman–Crippen MR) is 121 cm³/mol. The number of rotatable bonds is 8. The van der Waals surface area contributed by atoms with Crippen molar-refractivity contribution in [1.82, 2.24) is 0 Å². The van der Waals surface area contributed by atoms with Crippen LogP contribution in [0, 0.1) is 0 Å². The zero-order valence-electron chi connectivity index (χ0n) is 18.8. The number of aliphatic imine (C=N–C) groups is 1. The van der Waals surface area contributed by atoms with Gasteiger partial charge in [-0.1, -0.05) is 12.8 Å². The van der Waals surface area contributed by atoms with Crippen LogP contribution in [0.3, 0.4) is 0 Å². The van der Waals surface area contributed by atoms with Crippen LogP contribution < -0.4 is 18.9 Å². The van der Waals surface area contributed by atoms with Crippen molar-refractivity contribution in [3.63, 3.8) is 0 Å². The molecule has 0 N–H and O–H groups in total. The fourth-order valence-electron chi connectivity index (χ4n) is 4.67. The van der Waals surface area contributed by atoms with Gasteiger partial charge in [-0.3, -0.25) is 4.99 Å². The summed E-state index contributed by atoms with van der Waals surface area (Å²) in [5, 5.41) is 0. The molecule has 0 radical (unpaired) electrons. The fraction of sp³-hybridized carbons (Fsp3) is 0.480. The molecule has 1 saturated carbocycles. The van der Waals surface area contributed by atoms with E-state index in [2.05, 4.69) is 12.1 Å². The Labute approximate surface area is 184 Å². The summed E-state index contributed by atoms with van der Waals surface area (Å²) >= 11 is 0. The maximum atomic E-state index is 5.93. The number of nitrogens with zero attached hydrogens (tertiary/aromatic N) is 1. The Hall–Kier alpha value is -2.73. The summed E-state index contributed by atoms with van der Waals surface area (Å²) in [5.41, 5.74) is 4.38. The number of methoxy groups -OCH3 is 4. The van der Waals surface area contributed by atoms with Gasteiger partial charge in [0.15, 0.2) is 23.0 Å². The van der Waals surface area contributed by atoms with E-state index in [1.807, 2.05) is 18.2 Å². The molecule has 2 atom stereocenters. The minimum Gasteiger partial charge on any atom is -0.493 e. The Morgan fingerprint density at radius 2 is 1.55 bits per heavy atom. The third-order valence-electron chi connectivity index (χ3n) is 6.22. The molecular formula is C25H31NO5. The second-order valence-electron chi connectivity index (χ2n) is 7.94. The van der Waals surface area contributed by atoms with E-state index in [1.54, 1.807) is 28.4 Å². The van der Waals surface area contributed by atoms with E-state index in [9.17, 15) is 0 Å².